The lowest BCUT2D eigenvalue weighted by Gasteiger charge is -2.24. The van der Waals surface area contributed by atoms with E-state index in [1.165, 1.54) is 0 Å². The van der Waals surface area contributed by atoms with Gasteiger partial charge >= 0.3 is 0 Å². The second-order valence-corrected chi connectivity index (χ2v) is 6.87. The molecule has 1 unspecified atom stereocenters. The first-order valence-corrected chi connectivity index (χ1v) is 8.16. The molecule has 0 saturated heterocycles. The largest absolute Gasteiger partial charge is 0.505 e. The van der Waals surface area contributed by atoms with Crippen LogP contribution in [0.25, 0.3) is 0 Å². The Bertz CT molecular complexity index is 687. The first-order valence-electron chi connectivity index (χ1n) is 8.16. The van der Waals surface area contributed by atoms with Crippen molar-refractivity contribution in [3.63, 3.8) is 0 Å². The molecule has 0 amide bonds. The molecule has 2 aromatic rings. The maximum Gasteiger partial charge on any atom is 0.144 e. The highest BCUT2D eigenvalue weighted by molar-refractivity contribution is 5.61. The molecule has 0 heterocycles. The summed E-state index contributed by atoms with van der Waals surface area (Å²) in [7, 11) is 1.63. The number of nitrogens with two attached hydrogens (primary N) is 1. The van der Waals surface area contributed by atoms with Crippen LogP contribution in [0.3, 0.4) is 0 Å². The van der Waals surface area contributed by atoms with Gasteiger partial charge in [0.15, 0.2) is 0 Å². The monoisotopic (exact) mass is 329 g/mol. The van der Waals surface area contributed by atoms with Gasteiger partial charge in [0.25, 0.3) is 0 Å². The third kappa shape index (κ3) is 3.82. The lowest BCUT2D eigenvalue weighted by atomic mass is 9.84. The highest BCUT2D eigenvalue weighted by Gasteiger charge is 2.23. The van der Waals surface area contributed by atoms with Crippen molar-refractivity contribution in [2.24, 2.45) is 0 Å². The van der Waals surface area contributed by atoms with E-state index < -0.39 is 6.10 Å². The van der Waals surface area contributed by atoms with Gasteiger partial charge in [0.1, 0.15) is 17.6 Å². The van der Waals surface area contributed by atoms with Crippen molar-refractivity contribution in [3.8, 4) is 11.5 Å². The van der Waals surface area contributed by atoms with E-state index in [0.717, 1.165) is 16.9 Å². The van der Waals surface area contributed by atoms with Crippen molar-refractivity contribution in [2.75, 3.05) is 19.5 Å². The summed E-state index contributed by atoms with van der Waals surface area (Å²) in [6, 6.07) is 11.5. The zero-order chi connectivity index (χ0) is 17.9. The predicted octanol–water partition coefficient (Wildman–Crippen LogP) is 4.41. The number of benzene rings is 2. The molecule has 3 N–H and O–H groups in total. The molecular weight excluding hydrogens is 302 g/mol. The first-order chi connectivity index (χ1) is 11.3. The molecule has 0 radical (unpaired) electrons. The molecule has 0 fully saturated rings. The Hall–Kier alpha value is -2.20. The summed E-state index contributed by atoms with van der Waals surface area (Å²) in [5, 5.41) is 10.5. The van der Waals surface area contributed by atoms with E-state index in [4.69, 9.17) is 15.2 Å². The van der Waals surface area contributed by atoms with Crippen molar-refractivity contribution in [2.45, 2.75) is 39.2 Å². The Labute approximate surface area is 144 Å². The molecule has 0 aliphatic heterocycles. The standard InChI is InChI=1S/C20H27NO3/c1-6-24-15-9-7-13(8-10-15)19(23-5)16-11-14(20(2,3)4)12-17(21)18(16)22/h7-12,19,22H,6,21H2,1-5H3. The number of aromatic hydroxyl groups is 1. The van der Waals surface area contributed by atoms with E-state index in [0.29, 0.717) is 17.9 Å². The minimum absolute atomic E-state index is 0.0729. The van der Waals surface area contributed by atoms with Gasteiger partial charge in [-0.3, -0.25) is 0 Å². The van der Waals surface area contributed by atoms with Crippen molar-refractivity contribution >= 4 is 5.69 Å². The van der Waals surface area contributed by atoms with Gasteiger partial charge in [0.2, 0.25) is 0 Å². The fourth-order valence-corrected chi connectivity index (χ4v) is 2.66. The Morgan fingerprint density at radius 2 is 1.75 bits per heavy atom. The Morgan fingerprint density at radius 1 is 1.12 bits per heavy atom. The molecule has 0 bridgehead atoms. The summed E-state index contributed by atoms with van der Waals surface area (Å²) in [5.41, 5.74) is 8.98. The van der Waals surface area contributed by atoms with Crippen LogP contribution in [0.2, 0.25) is 0 Å². The number of hydrogen-bond acceptors (Lipinski definition) is 4. The third-order valence-corrected chi connectivity index (χ3v) is 4.05. The molecule has 2 rings (SSSR count). The molecule has 2 aromatic carbocycles. The molecule has 1 atom stereocenters. The van der Waals surface area contributed by atoms with Crippen LogP contribution in [0.5, 0.6) is 11.5 Å². The van der Waals surface area contributed by atoms with Crippen LogP contribution in [0.1, 0.15) is 50.5 Å². The van der Waals surface area contributed by atoms with Crippen LogP contribution in [0.15, 0.2) is 36.4 Å². The number of rotatable bonds is 5. The summed E-state index contributed by atoms with van der Waals surface area (Å²) in [4.78, 5) is 0. The number of ether oxygens (including phenoxy) is 2. The van der Waals surface area contributed by atoms with Gasteiger partial charge in [0, 0.05) is 12.7 Å². The molecule has 0 aliphatic rings. The third-order valence-electron chi connectivity index (χ3n) is 4.05. The van der Waals surface area contributed by atoms with E-state index in [1.807, 2.05) is 43.3 Å². The second kappa shape index (κ2) is 7.14. The molecule has 130 valence electrons. The quantitative estimate of drug-likeness (QED) is 0.630. The van der Waals surface area contributed by atoms with E-state index in [1.54, 1.807) is 7.11 Å². The predicted molar refractivity (Wildman–Crippen MR) is 97.7 cm³/mol. The van der Waals surface area contributed by atoms with Crippen LogP contribution >= 0.6 is 0 Å². The highest BCUT2D eigenvalue weighted by atomic mass is 16.5. The van der Waals surface area contributed by atoms with Crippen molar-refractivity contribution in [3.05, 3.63) is 53.1 Å². The number of nitrogen functional groups attached to an aromatic ring is 1. The normalized spacial score (nSPS) is 12.9. The molecule has 4 nitrogen and oxygen atoms in total. The maximum atomic E-state index is 10.5. The van der Waals surface area contributed by atoms with Gasteiger partial charge in [-0.15, -0.1) is 0 Å². The van der Waals surface area contributed by atoms with Crippen LogP contribution in [0.4, 0.5) is 5.69 Å². The van der Waals surface area contributed by atoms with Gasteiger partial charge in [-0.2, -0.15) is 0 Å². The Kier molecular flexibility index (Phi) is 5.40. The maximum absolute atomic E-state index is 10.5. The number of phenols is 1. The van der Waals surface area contributed by atoms with Gasteiger partial charge < -0.3 is 20.3 Å². The van der Waals surface area contributed by atoms with Crippen LogP contribution in [-0.2, 0) is 10.2 Å². The first kappa shape index (κ1) is 18.1. The number of hydrogen-bond donors (Lipinski definition) is 2. The smallest absolute Gasteiger partial charge is 0.144 e. The summed E-state index contributed by atoms with van der Waals surface area (Å²) in [6.45, 7) is 8.91. The van der Waals surface area contributed by atoms with Gasteiger partial charge in [-0.25, -0.2) is 0 Å². The van der Waals surface area contributed by atoms with Gasteiger partial charge in [-0.05, 0) is 47.7 Å². The lowest BCUT2D eigenvalue weighted by Crippen LogP contribution is -2.14. The average Bonchev–Trinajstić information content (AvgIpc) is 2.52. The minimum atomic E-state index is -0.398. The zero-order valence-corrected chi connectivity index (χ0v) is 15.1. The second-order valence-electron chi connectivity index (χ2n) is 6.87. The lowest BCUT2D eigenvalue weighted by molar-refractivity contribution is 0.134. The van der Waals surface area contributed by atoms with Crippen molar-refractivity contribution in [1.82, 2.24) is 0 Å². The van der Waals surface area contributed by atoms with Crippen LogP contribution in [-0.4, -0.2) is 18.8 Å². The van der Waals surface area contributed by atoms with E-state index in [2.05, 4.69) is 20.8 Å². The van der Waals surface area contributed by atoms with Crippen LogP contribution in [0, 0.1) is 0 Å². The average molecular weight is 329 g/mol. The number of methoxy groups -OCH3 is 1. The summed E-state index contributed by atoms with van der Waals surface area (Å²) in [5.74, 6) is 0.881. The fraction of sp³-hybridized carbons (Fsp3) is 0.400. The van der Waals surface area contributed by atoms with Gasteiger partial charge in [-0.1, -0.05) is 32.9 Å². The van der Waals surface area contributed by atoms with Crippen molar-refractivity contribution in [1.29, 1.82) is 0 Å². The summed E-state index contributed by atoms with van der Waals surface area (Å²) < 4.78 is 11.1. The van der Waals surface area contributed by atoms with E-state index in [9.17, 15) is 5.11 Å². The fourth-order valence-electron chi connectivity index (χ4n) is 2.66. The topological polar surface area (TPSA) is 64.7 Å². The summed E-state index contributed by atoms with van der Waals surface area (Å²) >= 11 is 0. The SMILES string of the molecule is CCOc1ccc(C(OC)c2cc(C(C)(C)C)cc(N)c2O)cc1. The zero-order valence-electron chi connectivity index (χ0n) is 15.1. The molecule has 0 aliphatic carbocycles. The molecule has 0 aromatic heterocycles. The number of anilines is 1. The molecule has 24 heavy (non-hydrogen) atoms. The highest BCUT2D eigenvalue weighted by Crippen LogP contribution is 2.39. The molecule has 0 spiro atoms. The molecular formula is C20H27NO3. The molecule has 4 heteroatoms. The van der Waals surface area contributed by atoms with E-state index >= 15 is 0 Å². The Balaban J connectivity index is 2.48. The van der Waals surface area contributed by atoms with Crippen LogP contribution < -0.4 is 10.5 Å². The summed E-state index contributed by atoms with van der Waals surface area (Å²) in [6.07, 6.45) is -0.398. The van der Waals surface area contributed by atoms with Gasteiger partial charge in [0.05, 0.1) is 12.3 Å². The van der Waals surface area contributed by atoms with Crippen molar-refractivity contribution < 1.29 is 14.6 Å². The minimum Gasteiger partial charge on any atom is -0.505 e. The number of phenolic OH excluding ortho intramolecular Hbond substituents is 1. The Morgan fingerprint density at radius 3 is 2.25 bits per heavy atom. The van der Waals surface area contributed by atoms with E-state index in [-0.39, 0.29) is 11.2 Å². The molecule has 0 saturated carbocycles.